The van der Waals surface area contributed by atoms with Crippen LogP contribution in [0, 0.1) is 0 Å². The predicted molar refractivity (Wildman–Crippen MR) is 59.8 cm³/mol. The molecule has 0 saturated carbocycles. The third-order valence-corrected chi connectivity index (χ3v) is 2.92. The van der Waals surface area contributed by atoms with E-state index in [4.69, 9.17) is 4.74 Å². The first-order valence-corrected chi connectivity index (χ1v) is 5.74. The van der Waals surface area contributed by atoms with Gasteiger partial charge in [-0.1, -0.05) is 0 Å². The van der Waals surface area contributed by atoms with Gasteiger partial charge in [-0.2, -0.15) is 0 Å². The predicted octanol–water partition coefficient (Wildman–Crippen LogP) is 0.623. The van der Waals surface area contributed by atoms with Crippen LogP contribution in [0.2, 0.25) is 0 Å². The molecule has 1 fully saturated rings. The zero-order chi connectivity index (χ0) is 11.1. The number of nitrogens with zero attached hydrogens (tertiary/aromatic N) is 1. The molecule has 1 rings (SSSR count). The smallest absolute Gasteiger partial charge is 0.239 e. The molecule has 88 valence electrons. The highest BCUT2D eigenvalue weighted by atomic mass is 16.5. The Labute approximate surface area is 92.0 Å². The van der Waals surface area contributed by atoms with Crippen LogP contribution in [-0.4, -0.2) is 50.7 Å². The lowest BCUT2D eigenvalue weighted by Gasteiger charge is -2.16. The first kappa shape index (κ1) is 12.5. The summed E-state index contributed by atoms with van der Waals surface area (Å²) in [6, 6.07) is 0.0592. The van der Waals surface area contributed by atoms with Gasteiger partial charge in [0.25, 0.3) is 0 Å². The van der Waals surface area contributed by atoms with Crippen LogP contribution in [-0.2, 0) is 9.53 Å². The largest absolute Gasteiger partial charge is 0.385 e. The second kappa shape index (κ2) is 6.80. The molecule has 0 aromatic heterocycles. The number of ether oxygens (including phenoxy) is 1. The molecule has 1 aliphatic heterocycles. The Morgan fingerprint density at radius 2 is 2.27 bits per heavy atom. The van der Waals surface area contributed by atoms with E-state index in [0.717, 1.165) is 45.4 Å². The molecule has 1 atom stereocenters. The zero-order valence-electron chi connectivity index (χ0n) is 9.79. The Morgan fingerprint density at radius 3 is 2.87 bits per heavy atom. The summed E-state index contributed by atoms with van der Waals surface area (Å²) in [5.74, 6) is 0.268. The molecule has 4 heteroatoms. The summed E-state index contributed by atoms with van der Waals surface area (Å²) in [5.41, 5.74) is 0. The van der Waals surface area contributed by atoms with Crippen LogP contribution in [0.4, 0.5) is 0 Å². The van der Waals surface area contributed by atoms with Gasteiger partial charge in [-0.3, -0.25) is 4.79 Å². The SMILES string of the molecule is CNC1CCN(CCCCCOC)C1=O. The lowest BCUT2D eigenvalue weighted by molar-refractivity contribution is -0.129. The zero-order valence-corrected chi connectivity index (χ0v) is 9.79. The summed E-state index contributed by atoms with van der Waals surface area (Å²) in [6.07, 6.45) is 4.27. The van der Waals surface area contributed by atoms with Crippen molar-refractivity contribution in [3.8, 4) is 0 Å². The molecular formula is C11H22N2O2. The van der Waals surface area contributed by atoms with Crippen LogP contribution in [0.25, 0.3) is 0 Å². The number of likely N-dealkylation sites (N-methyl/N-ethyl adjacent to an activating group) is 1. The number of likely N-dealkylation sites (tertiary alicyclic amines) is 1. The van der Waals surface area contributed by atoms with Crippen molar-refractivity contribution in [1.29, 1.82) is 0 Å². The van der Waals surface area contributed by atoms with E-state index in [9.17, 15) is 4.79 Å². The van der Waals surface area contributed by atoms with E-state index >= 15 is 0 Å². The number of nitrogens with one attached hydrogen (secondary N) is 1. The lowest BCUT2D eigenvalue weighted by Crippen LogP contribution is -2.36. The van der Waals surface area contributed by atoms with E-state index in [1.54, 1.807) is 7.11 Å². The Kier molecular flexibility index (Phi) is 5.65. The van der Waals surface area contributed by atoms with Gasteiger partial charge in [0.05, 0.1) is 6.04 Å². The fourth-order valence-electron chi connectivity index (χ4n) is 1.95. The molecule has 0 bridgehead atoms. The summed E-state index contributed by atoms with van der Waals surface area (Å²) < 4.78 is 4.98. The van der Waals surface area contributed by atoms with Gasteiger partial charge < -0.3 is 15.0 Å². The summed E-state index contributed by atoms with van der Waals surface area (Å²) in [6.45, 7) is 2.64. The molecule has 4 nitrogen and oxygen atoms in total. The lowest BCUT2D eigenvalue weighted by atomic mass is 10.2. The minimum Gasteiger partial charge on any atom is -0.385 e. The Hall–Kier alpha value is -0.610. The van der Waals surface area contributed by atoms with E-state index in [2.05, 4.69) is 5.32 Å². The maximum atomic E-state index is 11.7. The molecule has 0 aromatic rings. The third-order valence-electron chi connectivity index (χ3n) is 2.92. The topological polar surface area (TPSA) is 41.6 Å². The van der Waals surface area contributed by atoms with Gasteiger partial charge in [0.1, 0.15) is 0 Å². The second-order valence-corrected chi connectivity index (χ2v) is 4.01. The first-order chi connectivity index (χ1) is 7.29. The van der Waals surface area contributed by atoms with Crippen LogP contribution < -0.4 is 5.32 Å². The van der Waals surface area contributed by atoms with Gasteiger partial charge >= 0.3 is 0 Å². The molecule has 1 heterocycles. The van der Waals surface area contributed by atoms with Gasteiger partial charge in [0.15, 0.2) is 0 Å². The highest BCUT2D eigenvalue weighted by Crippen LogP contribution is 2.11. The molecule has 1 saturated heterocycles. The van der Waals surface area contributed by atoms with Crippen LogP contribution in [0.15, 0.2) is 0 Å². The average Bonchev–Trinajstić information content (AvgIpc) is 2.60. The minimum atomic E-state index is 0.0592. The molecule has 0 aliphatic carbocycles. The molecule has 1 unspecified atom stereocenters. The number of methoxy groups -OCH3 is 1. The van der Waals surface area contributed by atoms with Gasteiger partial charge in [-0.25, -0.2) is 0 Å². The number of amides is 1. The normalized spacial score (nSPS) is 21.3. The average molecular weight is 214 g/mol. The number of rotatable bonds is 7. The fraction of sp³-hybridized carbons (Fsp3) is 0.909. The van der Waals surface area contributed by atoms with Gasteiger partial charge in [-0.05, 0) is 32.7 Å². The molecular weight excluding hydrogens is 192 g/mol. The fourth-order valence-corrected chi connectivity index (χ4v) is 1.95. The van der Waals surface area contributed by atoms with Crippen LogP contribution >= 0.6 is 0 Å². The molecule has 0 aromatic carbocycles. The van der Waals surface area contributed by atoms with Crippen molar-refractivity contribution < 1.29 is 9.53 Å². The van der Waals surface area contributed by atoms with Crippen molar-refractivity contribution in [2.45, 2.75) is 31.7 Å². The summed E-state index contributed by atoms with van der Waals surface area (Å²) in [5, 5.41) is 3.04. The van der Waals surface area contributed by atoms with E-state index in [0.29, 0.717) is 0 Å². The van der Waals surface area contributed by atoms with Gasteiger partial charge in [0, 0.05) is 26.8 Å². The highest BCUT2D eigenvalue weighted by Gasteiger charge is 2.29. The summed E-state index contributed by atoms with van der Waals surface area (Å²) in [4.78, 5) is 13.7. The molecule has 15 heavy (non-hydrogen) atoms. The van der Waals surface area contributed by atoms with Crippen molar-refractivity contribution >= 4 is 5.91 Å². The molecule has 1 amide bonds. The quantitative estimate of drug-likeness (QED) is 0.632. The number of carbonyl (C=O) groups excluding carboxylic acids is 1. The van der Waals surface area contributed by atoms with E-state index in [1.165, 1.54) is 0 Å². The summed E-state index contributed by atoms with van der Waals surface area (Å²) in [7, 11) is 3.58. The number of hydrogen-bond acceptors (Lipinski definition) is 3. The highest BCUT2D eigenvalue weighted by molar-refractivity contribution is 5.83. The minimum absolute atomic E-state index is 0.0592. The molecule has 0 radical (unpaired) electrons. The number of unbranched alkanes of at least 4 members (excludes halogenated alkanes) is 2. The monoisotopic (exact) mass is 214 g/mol. The third kappa shape index (κ3) is 3.80. The molecule has 1 aliphatic rings. The Bertz CT molecular complexity index is 197. The van der Waals surface area contributed by atoms with Crippen LogP contribution in [0.5, 0.6) is 0 Å². The van der Waals surface area contributed by atoms with Crippen LogP contribution in [0.3, 0.4) is 0 Å². The maximum absolute atomic E-state index is 11.7. The number of hydrogen-bond donors (Lipinski definition) is 1. The maximum Gasteiger partial charge on any atom is 0.239 e. The van der Waals surface area contributed by atoms with Crippen molar-refractivity contribution in [3.63, 3.8) is 0 Å². The van der Waals surface area contributed by atoms with Crippen molar-refractivity contribution in [3.05, 3.63) is 0 Å². The molecule has 0 spiro atoms. The van der Waals surface area contributed by atoms with E-state index in [1.807, 2.05) is 11.9 Å². The Morgan fingerprint density at radius 1 is 1.47 bits per heavy atom. The van der Waals surface area contributed by atoms with E-state index < -0.39 is 0 Å². The van der Waals surface area contributed by atoms with Crippen molar-refractivity contribution in [1.82, 2.24) is 10.2 Å². The van der Waals surface area contributed by atoms with Crippen molar-refractivity contribution in [2.24, 2.45) is 0 Å². The van der Waals surface area contributed by atoms with Gasteiger partial charge in [-0.15, -0.1) is 0 Å². The standard InChI is InChI=1S/C11H22N2O2/c1-12-10-6-8-13(11(10)14)7-4-3-5-9-15-2/h10,12H,3-9H2,1-2H3. The Balaban J connectivity index is 2.09. The molecule has 1 N–H and O–H groups in total. The summed E-state index contributed by atoms with van der Waals surface area (Å²) >= 11 is 0. The second-order valence-electron chi connectivity index (χ2n) is 4.01. The van der Waals surface area contributed by atoms with Crippen molar-refractivity contribution in [2.75, 3.05) is 33.9 Å². The first-order valence-electron chi connectivity index (χ1n) is 5.74. The van der Waals surface area contributed by atoms with E-state index in [-0.39, 0.29) is 11.9 Å². The number of carbonyl (C=O) groups is 1. The van der Waals surface area contributed by atoms with Gasteiger partial charge in [0.2, 0.25) is 5.91 Å². The van der Waals surface area contributed by atoms with Crippen LogP contribution in [0.1, 0.15) is 25.7 Å².